The molecule has 0 saturated heterocycles. The van der Waals surface area contributed by atoms with Crippen LogP contribution in [0, 0.1) is 0 Å². The lowest BCUT2D eigenvalue weighted by molar-refractivity contribution is -0.0458. The minimum atomic E-state index is -0.740. The Hall–Kier alpha value is -4.14. The number of nitrogens with one attached hydrogen (secondary N) is 1. The number of rotatable bonds is 8. The molecule has 3 aromatic rings. The normalized spacial score (nSPS) is 14.5. The Labute approximate surface area is 228 Å². The van der Waals surface area contributed by atoms with Crippen LogP contribution in [0.15, 0.2) is 60.8 Å². The summed E-state index contributed by atoms with van der Waals surface area (Å²) in [7, 11) is 1.27. The second kappa shape index (κ2) is 10.9. The van der Waals surface area contributed by atoms with Gasteiger partial charge in [-0.1, -0.05) is 38.1 Å². The first-order valence-corrected chi connectivity index (χ1v) is 12.9. The SMILES string of the molecule is COC(=O)c1nccc(Oc2ccc(C(C)(C)c3ccc(OC4(NC(=O)OC(C)(C)C)CCC4)cc3)cc2)n1. The molecule has 39 heavy (non-hydrogen) atoms. The number of hydrogen-bond donors (Lipinski definition) is 1. The standard InChI is InChI=1S/C30H35N3O6/c1-28(2,3)39-27(35)33-30(17-7-18-30)38-23-14-10-21(11-15-23)29(4,5)20-8-12-22(13-9-20)37-24-16-19-31-25(32-24)26(34)36-6/h8-16,19H,7,17-18H2,1-6H3,(H,33,35). The van der Waals surface area contributed by atoms with E-state index in [1.54, 1.807) is 6.07 Å². The van der Waals surface area contributed by atoms with Gasteiger partial charge < -0.3 is 18.9 Å². The molecule has 0 bridgehead atoms. The smallest absolute Gasteiger partial charge is 0.410 e. The van der Waals surface area contributed by atoms with E-state index in [0.29, 0.717) is 11.5 Å². The Bertz CT molecular complexity index is 1310. The maximum absolute atomic E-state index is 12.3. The van der Waals surface area contributed by atoms with Crippen LogP contribution in [-0.2, 0) is 14.9 Å². The first-order chi connectivity index (χ1) is 18.4. The Morgan fingerprint density at radius 2 is 1.46 bits per heavy atom. The molecule has 0 aliphatic heterocycles. The lowest BCUT2D eigenvalue weighted by Gasteiger charge is -2.42. The molecule has 1 aliphatic carbocycles. The van der Waals surface area contributed by atoms with Crippen molar-refractivity contribution in [2.24, 2.45) is 0 Å². The number of hydrogen-bond acceptors (Lipinski definition) is 8. The highest BCUT2D eigenvalue weighted by atomic mass is 16.6. The summed E-state index contributed by atoms with van der Waals surface area (Å²) in [6, 6.07) is 17.2. The van der Waals surface area contributed by atoms with Crippen molar-refractivity contribution in [2.75, 3.05) is 7.11 Å². The Morgan fingerprint density at radius 1 is 0.872 bits per heavy atom. The van der Waals surface area contributed by atoms with Crippen LogP contribution >= 0.6 is 0 Å². The summed E-state index contributed by atoms with van der Waals surface area (Å²) in [5.74, 6) is 0.819. The Kier molecular flexibility index (Phi) is 7.81. The van der Waals surface area contributed by atoms with Crippen LogP contribution in [0.1, 0.15) is 75.6 Å². The zero-order valence-corrected chi connectivity index (χ0v) is 23.2. The van der Waals surface area contributed by atoms with Crippen molar-refractivity contribution in [1.29, 1.82) is 0 Å². The third-order valence-corrected chi connectivity index (χ3v) is 6.58. The van der Waals surface area contributed by atoms with Crippen molar-refractivity contribution >= 4 is 12.1 Å². The summed E-state index contributed by atoms with van der Waals surface area (Å²) >= 11 is 0. The summed E-state index contributed by atoms with van der Waals surface area (Å²) in [5.41, 5.74) is 0.577. The van der Waals surface area contributed by atoms with Crippen LogP contribution in [0.4, 0.5) is 4.79 Å². The van der Waals surface area contributed by atoms with Crippen molar-refractivity contribution < 1.29 is 28.5 Å². The molecular formula is C30H35N3O6. The summed E-state index contributed by atoms with van der Waals surface area (Å²) < 4.78 is 22.1. The minimum absolute atomic E-state index is 0.0657. The van der Waals surface area contributed by atoms with Gasteiger partial charge in [-0.2, -0.15) is 4.98 Å². The fraction of sp³-hybridized carbons (Fsp3) is 0.400. The fourth-order valence-electron chi connectivity index (χ4n) is 4.22. The van der Waals surface area contributed by atoms with Crippen LogP contribution < -0.4 is 14.8 Å². The molecule has 1 N–H and O–H groups in total. The molecule has 1 amide bonds. The molecule has 9 nitrogen and oxygen atoms in total. The van der Waals surface area contributed by atoms with Crippen LogP contribution in [0.3, 0.4) is 0 Å². The zero-order chi connectivity index (χ0) is 28.3. The maximum Gasteiger partial charge on any atom is 0.410 e. The third kappa shape index (κ3) is 6.85. The largest absolute Gasteiger partial charge is 0.468 e. The summed E-state index contributed by atoms with van der Waals surface area (Å²) in [5, 5.41) is 2.91. The van der Waals surface area contributed by atoms with Gasteiger partial charge in [-0.25, -0.2) is 14.6 Å². The lowest BCUT2D eigenvalue weighted by Crippen LogP contribution is -2.58. The topological polar surface area (TPSA) is 109 Å². The van der Waals surface area contributed by atoms with E-state index in [2.05, 4.69) is 33.9 Å². The first-order valence-electron chi connectivity index (χ1n) is 12.9. The van der Waals surface area contributed by atoms with Crippen LogP contribution in [0.2, 0.25) is 0 Å². The number of nitrogens with zero attached hydrogens (tertiary/aromatic N) is 2. The van der Waals surface area contributed by atoms with Gasteiger partial charge in [0.2, 0.25) is 11.7 Å². The highest BCUT2D eigenvalue weighted by Crippen LogP contribution is 2.37. The number of carbonyl (C=O) groups excluding carboxylic acids is 2. The molecule has 1 heterocycles. The maximum atomic E-state index is 12.3. The molecule has 1 fully saturated rings. The van der Waals surface area contributed by atoms with Crippen molar-refractivity contribution in [1.82, 2.24) is 15.3 Å². The van der Waals surface area contributed by atoms with Crippen molar-refractivity contribution in [2.45, 2.75) is 70.6 Å². The van der Waals surface area contributed by atoms with E-state index >= 15 is 0 Å². The average Bonchev–Trinajstić information content (AvgIpc) is 2.86. The van der Waals surface area contributed by atoms with Crippen LogP contribution in [-0.4, -0.2) is 40.5 Å². The van der Waals surface area contributed by atoms with Gasteiger partial charge >= 0.3 is 12.1 Å². The average molecular weight is 534 g/mol. The van der Waals surface area contributed by atoms with Crippen molar-refractivity contribution in [3.8, 4) is 17.4 Å². The number of methoxy groups -OCH3 is 1. The second-order valence-electron chi connectivity index (χ2n) is 11.1. The predicted octanol–water partition coefficient (Wildman–Crippen LogP) is 6.17. The molecular weight excluding hydrogens is 498 g/mol. The van der Waals surface area contributed by atoms with Gasteiger partial charge in [0.1, 0.15) is 17.1 Å². The third-order valence-electron chi connectivity index (χ3n) is 6.58. The number of benzene rings is 2. The highest BCUT2D eigenvalue weighted by Gasteiger charge is 2.42. The van der Waals surface area contributed by atoms with E-state index in [4.69, 9.17) is 14.2 Å². The Morgan fingerprint density at radius 3 is 1.97 bits per heavy atom. The highest BCUT2D eigenvalue weighted by molar-refractivity contribution is 5.85. The monoisotopic (exact) mass is 533 g/mol. The van der Waals surface area contributed by atoms with Crippen molar-refractivity contribution in [3.05, 3.63) is 77.7 Å². The quantitative estimate of drug-likeness (QED) is 0.271. The van der Waals surface area contributed by atoms with E-state index in [1.807, 2.05) is 69.3 Å². The fourth-order valence-corrected chi connectivity index (χ4v) is 4.22. The number of amides is 1. The summed E-state index contributed by atoms with van der Waals surface area (Å²) in [4.78, 5) is 32.0. The molecule has 1 aliphatic rings. The number of carbonyl (C=O) groups is 2. The first kappa shape index (κ1) is 27.9. The van der Waals surface area contributed by atoms with E-state index in [1.165, 1.54) is 13.3 Å². The number of alkyl carbamates (subject to hydrolysis) is 1. The predicted molar refractivity (Wildman–Crippen MR) is 145 cm³/mol. The van der Waals surface area contributed by atoms with E-state index in [9.17, 15) is 9.59 Å². The van der Waals surface area contributed by atoms with Gasteiger partial charge in [0, 0.05) is 30.5 Å². The zero-order valence-electron chi connectivity index (χ0n) is 23.2. The van der Waals surface area contributed by atoms with Gasteiger partial charge in [-0.15, -0.1) is 0 Å². The molecule has 0 spiro atoms. The van der Waals surface area contributed by atoms with Crippen LogP contribution in [0.25, 0.3) is 0 Å². The number of esters is 1. The molecule has 1 saturated carbocycles. The van der Waals surface area contributed by atoms with Crippen molar-refractivity contribution in [3.63, 3.8) is 0 Å². The van der Waals surface area contributed by atoms with Gasteiger partial charge in [0.15, 0.2) is 5.72 Å². The van der Waals surface area contributed by atoms with Gasteiger partial charge in [-0.3, -0.25) is 5.32 Å². The molecule has 1 aromatic heterocycles. The summed E-state index contributed by atoms with van der Waals surface area (Å²) in [6.07, 6.45) is 3.40. The molecule has 0 radical (unpaired) electrons. The van der Waals surface area contributed by atoms with Gasteiger partial charge in [-0.05, 0) is 62.6 Å². The molecule has 0 atom stereocenters. The second-order valence-corrected chi connectivity index (χ2v) is 11.1. The van der Waals surface area contributed by atoms with Gasteiger partial charge in [0.05, 0.1) is 7.11 Å². The number of aromatic nitrogens is 2. The van der Waals surface area contributed by atoms with Crippen LogP contribution in [0.5, 0.6) is 17.4 Å². The minimum Gasteiger partial charge on any atom is -0.468 e. The van der Waals surface area contributed by atoms with Gasteiger partial charge in [0.25, 0.3) is 0 Å². The molecule has 9 heteroatoms. The molecule has 0 unspecified atom stereocenters. The Balaban J connectivity index is 1.42. The van der Waals surface area contributed by atoms with E-state index in [0.717, 1.165) is 30.4 Å². The molecule has 2 aromatic carbocycles. The van der Waals surface area contributed by atoms with E-state index < -0.39 is 23.4 Å². The lowest BCUT2D eigenvalue weighted by atomic mass is 9.78. The van der Waals surface area contributed by atoms with E-state index in [-0.39, 0.29) is 17.1 Å². The molecule has 4 rings (SSSR count). The number of ether oxygens (including phenoxy) is 4. The summed E-state index contributed by atoms with van der Waals surface area (Å²) in [6.45, 7) is 9.79. The molecule has 206 valence electrons.